The van der Waals surface area contributed by atoms with E-state index in [4.69, 9.17) is 5.84 Å². The first-order chi connectivity index (χ1) is 9.69. The number of nitrogens with one attached hydrogen (secondary N) is 1. The summed E-state index contributed by atoms with van der Waals surface area (Å²) in [4.78, 5) is 20.9. The minimum absolute atomic E-state index is 0.0169. The molecule has 2 rings (SSSR count). The van der Waals surface area contributed by atoms with Gasteiger partial charge in [-0.25, -0.2) is 10.8 Å². The maximum Gasteiger partial charge on any atom is 0.272 e. The molecule has 6 nitrogen and oxygen atoms in total. The Morgan fingerprint density at radius 3 is 2.90 bits per heavy atom. The molecule has 6 heteroatoms. The first-order valence-electron chi connectivity index (χ1n) is 7.16. The van der Waals surface area contributed by atoms with Crippen LogP contribution in [0.25, 0.3) is 0 Å². The average molecular weight is 277 g/mol. The highest BCUT2D eigenvalue weighted by Gasteiger charge is 2.30. The van der Waals surface area contributed by atoms with Gasteiger partial charge in [0.15, 0.2) is 0 Å². The molecule has 1 amide bonds. The molecule has 0 radical (unpaired) electrons. The van der Waals surface area contributed by atoms with Crippen LogP contribution >= 0.6 is 0 Å². The lowest BCUT2D eigenvalue weighted by atomic mass is 10.2. The topological polar surface area (TPSA) is 74.5 Å². The number of aromatic nitrogens is 1. The van der Waals surface area contributed by atoms with E-state index in [2.05, 4.69) is 29.2 Å². The summed E-state index contributed by atoms with van der Waals surface area (Å²) >= 11 is 0. The Bertz CT molecular complexity index is 461. The van der Waals surface area contributed by atoms with Gasteiger partial charge in [-0.2, -0.15) is 0 Å². The van der Waals surface area contributed by atoms with Crippen molar-refractivity contribution in [1.82, 2.24) is 14.8 Å². The van der Waals surface area contributed by atoms with Gasteiger partial charge >= 0.3 is 0 Å². The lowest BCUT2D eigenvalue weighted by Crippen LogP contribution is -2.38. The van der Waals surface area contributed by atoms with Crippen LogP contribution in [0.1, 0.15) is 30.8 Å². The fourth-order valence-electron chi connectivity index (χ4n) is 2.76. The molecule has 1 aliphatic heterocycles. The number of likely N-dealkylation sites (N-methyl/N-ethyl adjacent to an activating group) is 1. The number of rotatable bonds is 5. The van der Waals surface area contributed by atoms with Crippen molar-refractivity contribution in [2.75, 3.05) is 31.6 Å². The number of hydrogen-bond acceptors (Lipinski definition) is 5. The van der Waals surface area contributed by atoms with Crippen LogP contribution < -0.4 is 11.3 Å². The normalized spacial score (nSPS) is 18.6. The van der Waals surface area contributed by atoms with E-state index in [0.29, 0.717) is 17.6 Å². The predicted molar refractivity (Wildman–Crippen MR) is 79.3 cm³/mol. The Morgan fingerprint density at radius 2 is 2.25 bits per heavy atom. The monoisotopic (exact) mass is 277 g/mol. The molecule has 3 N–H and O–H groups in total. The molecule has 1 aromatic heterocycles. The standard InChI is InChI=1S/C14H23N5O/c1-3-18(4-2)11-8-9-19(10-11)14(20)12-6-5-7-13(16-12)17-15/h5-7,11H,3-4,8-10,15H2,1-2H3,(H,16,17). The lowest BCUT2D eigenvalue weighted by molar-refractivity contribution is 0.0772. The molecule has 1 saturated heterocycles. The number of likely N-dealkylation sites (tertiary alicyclic amines) is 1. The van der Waals surface area contributed by atoms with Crippen LogP contribution in [0.5, 0.6) is 0 Å². The van der Waals surface area contributed by atoms with Crippen LogP contribution in [0.2, 0.25) is 0 Å². The van der Waals surface area contributed by atoms with Gasteiger partial charge < -0.3 is 10.3 Å². The van der Waals surface area contributed by atoms with Crippen LogP contribution in [0.15, 0.2) is 18.2 Å². The summed E-state index contributed by atoms with van der Waals surface area (Å²) in [6.07, 6.45) is 1.03. The van der Waals surface area contributed by atoms with E-state index < -0.39 is 0 Å². The zero-order valence-corrected chi connectivity index (χ0v) is 12.2. The van der Waals surface area contributed by atoms with Crippen molar-refractivity contribution in [3.63, 3.8) is 0 Å². The van der Waals surface area contributed by atoms with Gasteiger partial charge in [-0.3, -0.25) is 9.69 Å². The predicted octanol–water partition coefficient (Wildman–Crippen LogP) is 0.924. The van der Waals surface area contributed by atoms with Crippen LogP contribution in [-0.4, -0.2) is 52.9 Å². The quantitative estimate of drug-likeness (QED) is 0.618. The Kier molecular flexibility index (Phi) is 4.92. The van der Waals surface area contributed by atoms with Crippen LogP contribution in [-0.2, 0) is 0 Å². The Morgan fingerprint density at radius 1 is 1.50 bits per heavy atom. The summed E-state index contributed by atoms with van der Waals surface area (Å²) in [5.74, 6) is 5.82. The number of pyridine rings is 1. The lowest BCUT2D eigenvalue weighted by Gasteiger charge is -2.26. The van der Waals surface area contributed by atoms with Gasteiger partial charge in [0.05, 0.1) is 0 Å². The van der Waals surface area contributed by atoms with Crippen molar-refractivity contribution >= 4 is 11.7 Å². The fourth-order valence-corrected chi connectivity index (χ4v) is 2.76. The minimum atomic E-state index is -0.0169. The van der Waals surface area contributed by atoms with Crippen molar-refractivity contribution in [2.45, 2.75) is 26.3 Å². The SMILES string of the molecule is CCN(CC)C1CCN(C(=O)c2cccc(NN)n2)C1. The van der Waals surface area contributed by atoms with Crippen LogP contribution in [0.3, 0.4) is 0 Å². The molecule has 110 valence electrons. The van der Waals surface area contributed by atoms with Gasteiger partial charge in [-0.15, -0.1) is 0 Å². The van der Waals surface area contributed by atoms with E-state index in [1.165, 1.54) is 0 Å². The first kappa shape index (κ1) is 14.7. The largest absolute Gasteiger partial charge is 0.336 e. The second kappa shape index (κ2) is 6.67. The molecule has 20 heavy (non-hydrogen) atoms. The maximum absolute atomic E-state index is 12.4. The summed E-state index contributed by atoms with van der Waals surface area (Å²) < 4.78 is 0. The van der Waals surface area contributed by atoms with E-state index in [-0.39, 0.29) is 5.91 Å². The van der Waals surface area contributed by atoms with E-state index in [0.717, 1.165) is 32.6 Å². The van der Waals surface area contributed by atoms with Gasteiger partial charge in [0.25, 0.3) is 5.91 Å². The molecule has 0 bridgehead atoms. The number of carbonyl (C=O) groups excluding carboxylic acids is 1. The van der Waals surface area contributed by atoms with Crippen molar-refractivity contribution in [3.05, 3.63) is 23.9 Å². The molecule has 0 aromatic carbocycles. The number of nitrogens with two attached hydrogens (primary N) is 1. The number of nitrogens with zero attached hydrogens (tertiary/aromatic N) is 3. The highest BCUT2D eigenvalue weighted by Crippen LogP contribution is 2.18. The second-order valence-electron chi connectivity index (χ2n) is 4.97. The molecule has 2 heterocycles. The molecule has 1 fully saturated rings. The molecule has 1 atom stereocenters. The summed E-state index contributed by atoms with van der Waals surface area (Å²) in [6, 6.07) is 5.71. The molecular formula is C14H23N5O. The van der Waals surface area contributed by atoms with Gasteiger partial charge in [0, 0.05) is 19.1 Å². The summed E-state index contributed by atoms with van der Waals surface area (Å²) in [5.41, 5.74) is 2.91. The van der Waals surface area contributed by atoms with E-state index in [9.17, 15) is 4.79 Å². The Labute approximate surface area is 119 Å². The first-order valence-corrected chi connectivity index (χ1v) is 7.16. The Hall–Kier alpha value is -1.66. The molecule has 1 aliphatic rings. The van der Waals surface area contributed by atoms with E-state index in [1.807, 2.05) is 4.90 Å². The molecule has 1 unspecified atom stereocenters. The van der Waals surface area contributed by atoms with Crippen LogP contribution in [0.4, 0.5) is 5.82 Å². The number of anilines is 1. The smallest absolute Gasteiger partial charge is 0.272 e. The minimum Gasteiger partial charge on any atom is -0.336 e. The molecule has 0 spiro atoms. The molecular weight excluding hydrogens is 254 g/mol. The zero-order chi connectivity index (χ0) is 14.5. The highest BCUT2D eigenvalue weighted by molar-refractivity contribution is 5.92. The molecule has 0 aliphatic carbocycles. The average Bonchev–Trinajstić information content (AvgIpc) is 2.97. The number of amides is 1. The van der Waals surface area contributed by atoms with Crippen LogP contribution in [0, 0.1) is 0 Å². The van der Waals surface area contributed by atoms with Crippen molar-refractivity contribution < 1.29 is 4.79 Å². The van der Waals surface area contributed by atoms with Crippen molar-refractivity contribution in [2.24, 2.45) is 5.84 Å². The van der Waals surface area contributed by atoms with E-state index >= 15 is 0 Å². The third kappa shape index (κ3) is 3.08. The summed E-state index contributed by atoms with van der Waals surface area (Å²) in [5, 5.41) is 0. The van der Waals surface area contributed by atoms with Gasteiger partial charge in [0.2, 0.25) is 0 Å². The fraction of sp³-hybridized carbons (Fsp3) is 0.571. The van der Waals surface area contributed by atoms with Gasteiger partial charge in [-0.1, -0.05) is 19.9 Å². The molecule has 1 aromatic rings. The summed E-state index contributed by atoms with van der Waals surface area (Å²) in [6.45, 7) is 7.93. The van der Waals surface area contributed by atoms with Gasteiger partial charge in [0.1, 0.15) is 11.5 Å². The third-order valence-electron chi connectivity index (χ3n) is 3.90. The number of hydrazine groups is 1. The number of carbonyl (C=O) groups is 1. The second-order valence-corrected chi connectivity index (χ2v) is 4.97. The van der Waals surface area contributed by atoms with E-state index in [1.54, 1.807) is 18.2 Å². The number of hydrogen-bond donors (Lipinski definition) is 2. The highest BCUT2D eigenvalue weighted by atomic mass is 16.2. The maximum atomic E-state index is 12.4. The molecule has 0 saturated carbocycles. The third-order valence-corrected chi connectivity index (χ3v) is 3.90. The number of nitrogen functional groups attached to an aromatic ring is 1. The van der Waals surface area contributed by atoms with Gasteiger partial charge in [-0.05, 0) is 31.6 Å². The van der Waals surface area contributed by atoms with Crippen molar-refractivity contribution in [3.8, 4) is 0 Å². The summed E-state index contributed by atoms with van der Waals surface area (Å²) in [7, 11) is 0. The Balaban J connectivity index is 2.03. The van der Waals surface area contributed by atoms with Crippen molar-refractivity contribution in [1.29, 1.82) is 0 Å². The zero-order valence-electron chi connectivity index (χ0n) is 12.2.